The van der Waals surface area contributed by atoms with E-state index in [1.165, 1.54) is 25.7 Å². The van der Waals surface area contributed by atoms with Crippen molar-refractivity contribution in [2.45, 2.75) is 59.0 Å². The molecule has 0 aromatic heterocycles. The van der Waals surface area contributed by atoms with Crippen molar-refractivity contribution in [1.82, 2.24) is 10.6 Å². The van der Waals surface area contributed by atoms with Crippen LogP contribution in [0.4, 0.5) is 0 Å². The smallest absolute Gasteiger partial charge is 0.306 e. The van der Waals surface area contributed by atoms with Crippen LogP contribution in [0.1, 0.15) is 52.9 Å². The molecule has 1 saturated carbocycles. The molecule has 20 heavy (non-hydrogen) atoms. The first-order chi connectivity index (χ1) is 9.44. The summed E-state index contributed by atoms with van der Waals surface area (Å²) in [5.41, 5.74) is 0.0479. The first-order valence-electron chi connectivity index (χ1n) is 8.06. The third-order valence-corrected chi connectivity index (χ3v) is 4.25. The molecule has 0 spiro atoms. The molecule has 0 aromatic rings. The first kappa shape index (κ1) is 15.8. The maximum Gasteiger partial charge on any atom is 0.306 e. The number of carbonyl (C=O) groups excluding carboxylic acids is 1. The van der Waals surface area contributed by atoms with Gasteiger partial charge in [-0.15, -0.1) is 0 Å². The number of esters is 1. The van der Waals surface area contributed by atoms with E-state index in [0.717, 1.165) is 19.0 Å². The lowest BCUT2D eigenvalue weighted by Crippen LogP contribution is -2.56. The van der Waals surface area contributed by atoms with Crippen LogP contribution in [0.15, 0.2) is 0 Å². The van der Waals surface area contributed by atoms with Gasteiger partial charge in [-0.1, -0.05) is 33.6 Å². The Morgan fingerprint density at radius 2 is 1.75 bits per heavy atom. The van der Waals surface area contributed by atoms with Crippen LogP contribution in [0.25, 0.3) is 0 Å². The first-order valence-corrected chi connectivity index (χ1v) is 8.06. The maximum absolute atomic E-state index is 11.8. The highest BCUT2D eigenvalue weighted by Crippen LogP contribution is 2.28. The Morgan fingerprint density at radius 1 is 1.15 bits per heavy atom. The fourth-order valence-electron chi connectivity index (χ4n) is 3.09. The molecular weight excluding hydrogens is 252 g/mol. The highest BCUT2D eigenvalue weighted by molar-refractivity contribution is 5.69. The molecule has 4 heteroatoms. The fraction of sp³-hybridized carbons (Fsp3) is 0.938. The number of ether oxygens (including phenoxy) is 1. The Balaban J connectivity index is 1.65. The van der Waals surface area contributed by atoms with Gasteiger partial charge in [-0.25, -0.2) is 0 Å². The van der Waals surface area contributed by atoms with Gasteiger partial charge in [-0.05, 0) is 30.1 Å². The van der Waals surface area contributed by atoms with Crippen LogP contribution in [0.5, 0.6) is 0 Å². The van der Waals surface area contributed by atoms with Crippen LogP contribution in [0, 0.1) is 17.3 Å². The average Bonchev–Trinajstić information content (AvgIpc) is 2.90. The van der Waals surface area contributed by atoms with Crippen LogP contribution in [0.3, 0.4) is 0 Å². The summed E-state index contributed by atoms with van der Waals surface area (Å²) in [6.07, 6.45) is 6.39. The fourth-order valence-corrected chi connectivity index (χ4v) is 3.09. The van der Waals surface area contributed by atoms with Crippen LogP contribution in [0.2, 0.25) is 0 Å². The van der Waals surface area contributed by atoms with Gasteiger partial charge in [0.15, 0.2) is 0 Å². The Kier molecular flexibility index (Phi) is 5.44. The van der Waals surface area contributed by atoms with E-state index in [2.05, 4.69) is 31.4 Å². The van der Waals surface area contributed by atoms with Crippen molar-refractivity contribution in [1.29, 1.82) is 0 Å². The lowest BCUT2D eigenvalue weighted by Gasteiger charge is -2.34. The molecule has 1 aliphatic carbocycles. The molecule has 116 valence electrons. The van der Waals surface area contributed by atoms with Crippen molar-refractivity contribution in [3.63, 3.8) is 0 Å². The second-order valence-electron chi connectivity index (χ2n) is 7.63. The molecule has 4 nitrogen and oxygen atoms in total. The van der Waals surface area contributed by atoms with E-state index in [1.807, 2.05) is 0 Å². The minimum absolute atomic E-state index is 0.0479. The van der Waals surface area contributed by atoms with E-state index < -0.39 is 0 Å². The molecule has 2 aliphatic rings. The Labute approximate surface area is 123 Å². The van der Waals surface area contributed by atoms with Crippen molar-refractivity contribution in [3.8, 4) is 0 Å². The van der Waals surface area contributed by atoms with Gasteiger partial charge in [0.05, 0.1) is 19.2 Å². The van der Waals surface area contributed by atoms with E-state index in [0.29, 0.717) is 25.1 Å². The molecule has 0 bridgehead atoms. The van der Waals surface area contributed by atoms with Gasteiger partial charge in [-0.3, -0.25) is 4.79 Å². The van der Waals surface area contributed by atoms with E-state index >= 15 is 0 Å². The molecule has 2 fully saturated rings. The number of nitrogens with one attached hydrogen (secondary N) is 2. The van der Waals surface area contributed by atoms with Crippen molar-refractivity contribution >= 4 is 5.97 Å². The molecule has 0 atom stereocenters. The van der Waals surface area contributed by atoms with Crippen LogP contribution in [-0.4, -0.2) is 31.8 Å². The third-order valence-electron chi connectivity index (χ3n) is 4.25. The van der Waals surface area contributed by atoms with E-state index in [-0.39, 0.29) is 11.4 Å². The predicted molar refractivity (Wildman–Crippen MR) is 80.3 cm³/mol. The summed E-state index contributed by atoms with van der Waals surface area (Å²) < 4.78 is 5.34. The van der Waals surface area contributed by atoms with Crippen molar-refractivity contribution < 1.29 is 9.53 Å². The summed E-state index contributed by atoms with van der Waals surface area (Å²) in [6, 6.07) is 0. The molecule has 2 N–H and O–H groups in total. The van der Waals surface area contributed by atoms with Gasteiger partial charge in [0, 0.05) is 13.1 Å². The monoisotopic (exact) mass is 282 g/mol. The molecule has 1 aliphatic heterocycles. The quantitative estimate of drug-likeness (QED) is 0.777. The van der Waals surface area contributed by atoms with E-state index in [9.17, 15) is 4.79 Å². The average molecular weight is 282 g/mol. The zero-order chi connectivity index (χ0) is 14.6. The van der Waals surface area contributed by atoms with Crippen molar-refractivity contribution in [2.75, 3.05) is 19.7 Å². The topological polar surface area (TPSA) is 50.4 Å². The maximum atomic E-state index is 11.8. The van der Waals surface area contributed by atoms with Gasteiger partial charge in [-0.2, -0.15) is 0 Å². The Hall–Kier alpha value is -0.610. The number of rotatable bonds is 4. The summed E-state index contributed by atoms with van der Waals surface area (Å²) in [5.74, 6) is 1.08. The molecule has 1 heterocycles. The summed E-state index contributed by atoms with van der Waals surface area (Å²) in [4.78, 5) is 11.8. The Bertz CT molecular complexity index is 311. The Morgan fingerprint density at radius 3 is 2.30 bits per heavy atom. The molecule has 0 radical (unpaired) electrons. The van der Waals surface area contributed by atoms with Gasteiger partial charge >= 0.3 is 5.97 Å². The summed E-state index contributed by atoms with van der Waals surface area (Å²) in [7, 11) is 0. The lowest BCUT2D eigenvalue weighted by atomic mass is 9.97. The zero-order valence-electron chi connectivity index (χ0n) is 13.2. The second kappa shape index (κ2) is 6.90. The number of carbonyl (C=O) groups is 1. The van der Waals surface area contributed by atoms with Crippen molar-refractivity contribution in [2.24, 2.45) is 17.3 Å². The molecule has 1 saturated heterocycles. The largest absolute Gasteiger partial charge is 0.465 e. The minimum atomic E-state index is -0.0622. The summed E-state index contributed by atoms with van der Waals surface area (Å²) in [6.45, 7) is 8.60. The van der Waals surface area contributed by atoms with Crippen LogP contribution in [-0.2, 0) is 9.53 Å². The highest BCUT2D eigenvalue weighted by atomic mass is 16.5. The number of hydrogen-bond acceptors (Lipinski definition) is 4. The van der Waals surface area contributed by atoms with Crippen LogP contribution < -0.4 is 10.6 Å². The molecule has 0 amide bonds. The van der Waals surface area contributed by atoms with Gasteiger partial charge < -0.3 is 15.4 Å². The summed E-state index contributed by atoms with van der Waals surface area (Å²) >= 11 is 0. The predicted octanol–water partition coefficient (Wildman–Crippen LogP) is 2.29. The van der Waals surface area contributed by atoms with Crippen molar-refractivity contribution in [3.05, 3.63) is 0 Å². The molecule has 0 aromatic carbocycles. The number of hydrogen-bond donors (Lipinski definition) is 2. The highest BCUT2D eigenvalue weighted by Gasteiger charge is 2.29. The van der Waals surface area contributed by atoms with Gasteiger partial charge in [0.25, 0.3) is 0 Å². The van der Waals surface area contributed by atoms with Gasteiger partial charge in [0.2, 0.25) is 0 Å². The third kappa shape index (κ3) is 5.06. The standard InChI is InChI=1S/C16H30N2O2/c1-16(2,3)11-20-14(19)8-12-9-17-15(18-10-12)13-6-4-5-7-13/h12-13,15,17-18H,4-11H2,1-3H3. The van der Waals surface area contributed by atoms with Gasteiger partial charge in [0.1, 0.15) is 0 Å². The van der Waals surface area contributed by atoms with E-state index in [1.54, 1.807) is 0 Å². The summed E-state index contributed by atoms with van der Waals surface area (Å²) in [5, 5.41) is 7.14. The van der Waals surface area contributed by atoms with E-state index in [4.69, 9.17) is 4.74 Å². The normalized spacial score (nSPS) is 28.6. The van der Waals surface area contributed by atoms with Crippen LogP contribution >= 0.6 is 0 Å². The lowest BCUT2D eigenvalue weighted by molar-refractivity contribution is -0.147. The second-order valence-corrected chi connectivity index (χ2v) is 7.63. The molecule has 2 rings (SSSR count). The zero-order valence-corrected chi connectivity index (χ0v) is 13.2. The molecule has 0 unspecified atom stereocenters. The minimum Gasteiger partial charge on any atom is -0.465 e. The SMILES string of the molecule is CC(C)(C)COC(=O)CC1CNC(C2CCCC2)NC1. The molecular formula is C16H30N2O2.